The van der Waals surface area contributed by atoms with Crippen LogP contribution in [0.25, 0.3) is 0 Å². The van der Waals surface area contributed by atoms with Crippen LogP contribution in [0.2, 0.25) is 0 Å². The molecule has 1 aromatic carbocycles. The van der Waals surface area contributed by atoms with Gasteiger partial charge in [-0.05, 0) is 31.9 Å². The van der Waals surface area contributed by atoms with Crippen LogP contribution in [0.4, 0.5) is 0 Å². The first-order chi connectivity index (χ1) is 10.1. The highest BCUT2D eigenvalue weighted by molar-refractivity contribution is 8.00. The second-order valence-electron chi connectivity index (χ2n) is 5.30. The molecule has 1 saturated heterocycles. The Morgan fingerprint density at radius 3 is 2.71 bits per heavy atom. The van der Waals surface area contributed by atoms with Crippen LogP contribution in [0.15, 0.2) is 29.2 Å². The van der Waals surface area contributed by atoms with Crippen LogP contribution in [0, 0.1) is 12.8 Å². The lowest BCUT2D eigenvalue weighted by molar-refractivity contribution is -0.148. The van der Waals surface area contributed by atoms with Crippen LogP contribution >= 0.6 is 11.8 Å². The Labute approximate surface area is 129 Å². The average molecular weight is 307 g/mol. The first-order valence-corrected chi connectivity index (χ1v) is 8.14. The molecule has 1 heterocycles. The number of ether oxygens (including phenoxy) is 1. The summed E-state index contributed by atoms with van der Waals surface area (Å²) in [6.07, 6.45) is 1.67. The number of hydrogen-bond donors (Lipinski definition) is 0. The number of carbonyl (C=O) groups is 2. The summed E-state index contributed by atoms with van der Waals surface area (Å²) in [5, 5.41) is 0. The Kier molecular flexibility index (Phi) is 5.67. The molecule has 1 aromatic rings. The molecule has 5 heteroatoms. The van der Waals surface area contributed by atoms with Gasteiger partial charge in [-0.15, -0.1) is 11.8 Å². The van der Waals surface area contributed by atoms with E-state index in [2.05, 4.69) is 0 Å². The standard InChI is InChI=1S/C16H21NO3S/c1-12-5-7-14(8-6-12)21-11-15(18)17-9-3-4-13(10-17)16(19)20-2/h5-8,13H,3-4,9-11H2,1-2H3. The summed E-state index contributed by atoms with van der Waals surface area (Å²) in [7, 11) is 1.40. The number of thioether (sulfide) groups is 1. The lowest BCUT2D eigenvalue weighted by Crippen LogP contribution is -2.43. The fourth-order valence-corrected chi connectivity index (χ4v) is 3.23. The maximum absolute atomic E-state index is 12.2. The molecule has 0 saturated carbocycles. The summed E-state index contributed by atoms with van der Waals surface area (Å²) in [5.74, 6) is 0.127. The zero-order valence-electron chi connectivity index (χ0n) is 12.5. The van der Waals surface area contributed by atoms with Gasteiger partial charge in [0, 0.05) is 18.0 Å². The number of nitrogens with zero attached hydrogens (tertiary/aromatic N) is 1. The first kappa shape index (κ1) is 15.9. The van der Waals surface area contributed by atoms with Gasteiger partial charge < -0.3 is 9.64 Å². The van der Waals surface area contributed by atoms with Gasteiger partial charge in [0.2, 0.25) is 5.91 Å². The average Bonchev–Trinajstić information content (AvgIpc) is 2.53. The number of aryl methyl sites for hydroxylation is 1. The van der Waals surface area contributed by atoms with Crippen LogP contribution in [-0.4, -0.2) is 42.7 Å². The largest absolute Gasteiger partial charge is 0.469 e. The monoisotopic (exact) mass is 307 g/mol. The lowest BCUT2D eigenvalue weighted by atomic mass is 9.98. The van der Waals surface area contributed by atoms with E-state index >= 15 is 0 Å². The van der Waals surface area contributed by atoms with Crippen molar-refractivity contribution in [3.8, 4) is 0 Å². The van der Waals surface area contributed by atoms with Crippen LogP contribution in [-0.2, 0) is 14.3 Å². The third kappa shape index (κ3) is 4.49. The van der Waals surface area contributed by atoms with Crippen LogP contribution in [0.5, 0.6) is 0 Å². The van der Waals surface area contributed by atoms with Gasteiger partial charge in [0.1, 0.15) is 0 Å². The van der Waals surface area contributed by atoms with Gasteiger partial charge in [-0.3, -0.25) is 9.59 Å². The van der Waals surface area contributed by atoms with Crippen molar-refractivity contribution >= 4 is 23.6 Å². The Morgan fingerprint density at radius 2 is 2.05 bits per heavy atom. The quantitative estimate of drug-likeness (QED) is 0.633. The number of benzene rings is 1. The van der Waals surface area contributed by atoms with Gasteiger partial charge in [0.25, 0.3) is 0 Å². The summed E-state index contributed by atoms with van der Waals surface area (Å²) in [6, 6.07) is 8.14. The van der Waals surface area contributed by atoms with Crippen molar-refractivity contribution in [1.29, 1.82) is 0 Å². The minimum Gasteiger partial charge on any atom is -0.469 e. The molecule has 1 fully saturated rings. The van der Waals surface area contributed by atoms with Crippen molar-refractivity contribution in [2.75, 3.05) is 26.0 Å². The molecule has 4 nitrogen and oxygen atoms in total. The topological polar surface area (TPSA) is 46.6 Å². The molecule has 0 N–H and O–H groups in total. The number of likely N-dealkylation sites (tertiary alicyclic amines) is 1. The molecule has 1 aliphatic rings. The van der Waals surface area contributed by atoms with E-state index in [0.717, 1.165) is 24.3 Å². The third-order valence-corrected chi connectivity index (χ3v) is 4.69. The van der Waals surface area contributed by atoms with Gasteiger partial charge >= 0.3 is 5.97 Å². The molecule has 1 amide bonds. The van der Waals surface area contributed by atoms with Crippen LogP contribution < -0.4 is 0 Å². The minimum atomic E-state index is -0.210. The van der Waals surface area contributed by atoms with Crippen molar-refractivity contribution in [2.24, 2.45) is 5.92 Å². The zero-order valence-corrected chi connectivity index (χ0v) is 13.3. The normalized spacial score (nSPS) is 18.4. The Morgan fingerprint density at radius 1 is 1.33 bits per heavy atom. The van der Waals surface area contributed by atoms with Gasteiger partial charge in [-0.2, -0.15) is 0 Å². The molecule has 2 rings (SSSR count). The van der Waals surface area contributed by atoms with Crippen molar-refractivity contribution in [2.45, 2.75) is 24.7 Å². The number of amides is 1. The summed E-state index contributed by atoms with van der Waals surface area (Å²) >= 11 is 1.54. The predicted molar refractivity (Wildman–Crippen MR) is 83.2 cm³/mol. The van der Waals surface area contributed by atoms with Crippen LogP contribution in [0.3, 0.4) is 0 Å². The minimum absolute atomic E-state index is 0.0918. The maximum Gasteiger partial charge on any atom is 0.310 e. The maximum atomic E-state index is 12.2. The van der Waals surface area contributed by atoms with Crippen molar-refractivity contribution in [3.63, 3.8) is 0 Å². The summed E-state index contributed by atoms with van der Waals surface area (Å²) < 4.78 is 4.78. The number of hydrogen-bond acceptors (Lipinski definition) is 4. The van der Waals surface area contributed by atoms with Crippen molar-refractivity contribution in [3.05, 3.63) is 29.8 Å². The van der Waals surface area contributed by atoms with E-state index < -0.39 is 0 Å². The van der Waals surface area contributed by atoms with E-state index in [1.165, 1.54) is 24.4 Å². The van der Waals surface area contributed by atoms with Gasteiger partial charge in [-0.25, -0.2) is 0 Å². The number of esters is 1. The summed E-state index contributed by atoms with van der Waals surface area (Å²) in [5.41, 5.74) is 1.21. The molecule has 0 spiro atoms. The Bertz CT molecular complexity index is 501. The van der Waals surface area contributed by atoms with Gasteiger partial charge in [0.05, 0.1) is 18.8 Å². The number of piperidine rings is 1. The van der Waals surface area contributed by atoms with E-state index in [4.69, 9.17) is 4.74 Å². The Balaban J connectivity index is 1.85. The SMILES string of the molecule is COC(=O)C1CCCN(C(=O)CSc2ccc(C)cc2)C1. The highest BCUT2D eigenvalue weighted by atomic mass is 32.2. The second kappa shape index (κ2) is 7.50. The highest BCUT2D eigenvalue weighted by Crippen LogP contribution is 2.22. The van der Waals surface area contributed by atoms with Gasteiger partial charge in [-0.1, -0.05) is 17.7 Å². The summed E-state index contributed by atoms with van der Waals surface area (Å²) in [6.45, 7) is 3.26. The Hall–Kier alpha value is -1.49. The fourth-order valence-electron chi connectivity index (χ4n) is 2.43. The smallest absolute Gasteiger partial charge is 0.310 e. The molecule has 0 bridgehead atoms. The lowest BCUT2D eigenvalue weighted by Gasteiger charge is -2.31. The van der Waals surface area contributed by atoms with E-state index in [1.54, 1.807) is 4.90 Å². The molecule has 21 heavy (non-hydrogen) atoms. The molecular formula is C16H21NO3S. The third-order valence-electron chi connectivity index (χ3n) is 3.69. The first-order valence-electron chi connectivity index (χ1n) is 7.15. The molecule has 1 atom stereocenters. The van der Waals surface area contributed by atoms with Crippen molar-refractivity contribution < 1.29 is 14.3 Å². The second-order valence-corrected chi connectivity index (χ2v) is 6.35. The molecule has 1 aliphatic heterocycles. The highest BCUT2D eigenvalue weighted by Gasteiger charge is 2.28. The van der Waals surface area contributed by atoms with E-state index in [1.807, 2.05) is 31.2 Å². The van der Waals surface area contributed by atoms with E-state index in [9.17, 15) is 9.59 Å². The number of methoxy groups -OCH3 is 1. The molecule has 0 aromatic heterocycles. The fraction of sp³-hybridized carbons (Fsp3) is 0.500. The molecule has 1 unspecified atom stereocenters. The predicted octanol–water partition coefficient (Wildman–Crippen LogP) is 2.50. The van der Waals surface area contributed by atoms with E-state index in [-0.39, 0.29) is 17.8 Å². The molecule has 114 valence electrons. The molecule has 0 aliphatic carbocycles. The number of rotatable bonds is 4. The van der Waals surface area contributed by atoms with Gasteiger partial charge in [0.15, 0.2) is 0 Å². The van der Waals surface area contributed by atoms with Crippen molar-refractivity contribution in [1.82, 2.24) is 4.90 Å². The summed E-state index contributed by atoms with van der Waals surface area (Å²) in [4.78, 5) is 26.7. The molecule has 0 radical (unpaired) electrons. The molecular weight excluding hydrogens is 286 g/mol. The zero-order chi connectivity index (χ0) is 15.2. The number of carbonyl (C=O) groups excluding carboxylic acids is 2. The van der Waals surface area contributed by atoms with E-state index in [0.29, 0.717) is 12.3 Å². The van der Waals surface area contributed by atoms with Crippen LogP contribution in [0.1, 0.15) is 18.4 Å².